The van der Waals surface area contributed by atoms with Crippen molar-refractivity contribution < 1.29 is 19.9 Å². The van der Waals surface area contributed by atoms with E-state index in [0.29, 0.717) is 5.56 Å². The van der Waals surface area contributed by atoms with E-state index in [-0.39, 0.29) is 5.69 Å². The summed E-state index contributed by atoms with van der Waals surface area (Å²) in [5.74, 6) is -0.659. The summed E-state index contributed by atoms with van der Waals surface area (Å²) in [6.45, 7) is -1.01. The van der Waals surface area contributed by atoms with Crippen LogP contribution in [0.2, 0.25) is 0 Å². The average Bonchev–Trinajstić information content (AvgIpc) is 2.50. The Morgan fingerprint density at radius 1 is 1.48 bits per heavy atom. The summed E-state index contributed by atoms with van der Waals surface area (Å²) in [6, 6.07) is 4.03. The number of aliphatic hydroxyl groups is 2. The highest BCUT2D eigenvalue weighted by molar-refractivity contribution is 5.78. The van der Waals surface area contributed by atoms with Crippen LogP contribution in [-0.4, -0.2) is 40.2 Å². The van der Waals surface area contributed by atoms with Crippen LogP contribution in [0.3, 0.4) is 0 Å². The molecule has 0 bridgehead atoms. The predicted octanol–water partition coefficient (Wildman–Crippen LogP) is 0.416. The summed E-state index contributed by atoms with van der Waals surface area (Å²) in [5, 5.41) is 35.1. The number of nitrogens with zero attached hydrogens (tertiary/aromatic N) is 4. The Balaban J connectivity index is 2.77. The molecule has 0 heterocycles. The number of nitro benzene ring substituents is 1. The van der Waals surface area contributed by atoms with Gasteiger partial charge in [0, 0.05) is 17.0 Å². The molecule has 112 valence electrons. The molecule has 0 saturated heterocycles. The minimum absolute atomic E-state index is 0.140. The number of carbonyl (C=O) groups is 1. The predicted molar refractivity (Wildman–Crippen MR) is 71.1 cm³/mol. The smallest absolute Gasteiger partial charge is 0.269 e. The van der Waals surface area contributed by atoms with Gasteiger partial charge in [0.25, 0.3) is 5.69 Å². The van der Waals surface area contributed by atoms with Gasteiger partial charge in [-0.15, -0.1) is 0 Å². The molecule has 2 atom stereocenters. The number of benzene rings is 1. The molecule has 21 heavy (non-hydrogen) atoms. The van der Waals surface area contributed by atoms with Crippen LogP contribution in [0.4, 0.5) is 5.69 Å². The third-order valence-corrected chi connectivity index (χ3v) is 2.65. The van der Waals surface area contributed by atoms with Crippen LogP contribution in [0.25, 0.3) is 10.4 Å². The summed E-state index contributed by atoms with van der Waals surface area (Å²) >= 11 is 0. The maximum atomic E-state index is 11.4. The fraction of sp³-hybridized carbons (Fsp3) is 0.364. The monoisotopic (exact) mass is 295 g/mol. The van der Waals surface area contributed by atoms with Crippen molar-refractivity contribution in [3.8, 4) is 0 Å². The molecule has 0 aromatic heterocycles. The van der Waals surface area contributed by atoms with Gasteiger partial charge in [0.1, 0.15) is 12.6 Å². The molecule has 1 amide bonds. The van der Waals surface area contributed by atoms with Crippen LogP contribution in [0, 0.1) is 10.1 Å². The third-order valence-electron chi connectivity index (χ3n) is 2.65. The summed E-state index contributed by atoms with van der Waals surface area (Å²) in [6.07, 6.45) is -1.26. The molecule has 0 radical (unpaired) electrons. The van der Waals surface area contributed by atoms with Crippen LogP contribution < -0.4 is 5.32 Å². The SMILES string of the molecule is [N-]=[N+]=NCC(=O)N[C@H](CO)[C@H](O)c1ccc([N+](=O)[O-])cc1. The van der Waals surface area contributed by atoms with Crippen molar-refractivity contribution in [2.24, 2.45) is 5.11 Å². The van der Waals surface area contributed by atoms with E-state index in [9.17, 15) is 25.1 Å². The summed E-state index contributed by atoms with van der Waals surface area (Å²) in [7, 11) is 0. The summed E-state index contributed by atoms with van der Waals surface area (Å²) in [4.78, 5) is 23.7. The zero-order valence-corrected chi connectivity index (χ0v) is 10.8. The Bertz CT molecular complexity index is 555. The van der Waals surface area contributed by atoms with Gasteiger partial charge in [-0.2, -0.15) is 0 Å². The van der Waals surface area contributed by atoms with Crippen molar-refractivity contribution in [3.63, 3.8) is 0 Å². The normalized spacial score (nSPS) is 12.9. The molecule has 0 saturated carbocycles. The van der Waals surface area contributed by atoms with Crippen LogP contribution in [0.1, 0.15) is 11.7 Å². The lowest BCUT2D eigenvalue weighted by Crippen LogP contribution is -2.42. The van der Waals surface area contributed by atoms with Gasteiger partial charge < -0.3 is 15.5 Å². The zero-order valence-electron chi connectivity index (χ0n) is 10.8. The lowest BCUT2D eigenvalue weighted by Gasteiger charge is -2.22. The van der Waals surface area contributed by atoms with Crippen LogP contribution in [0.5, 0.6) is 0 Å². The molecule has 1 aromatic rings. The Morgan fingerprint density at radius 3 is 2.57 bits per heavy atom. The Morgan fingerprint density at radius 2 is 2.10 bits per heavy atom. The lowest BCUT2D eigenvalue weighted by molar-refractivity contribution is -0.384. The Hall–Kier alpha value is -2.68. The van der Waals surface area contributed by atoms with Gasteiger partial charge in [0.2, 0.25) is 5.91 Å². The number of azide groups is 1. The molecule has 0 unspecified atom stereocenters. The van der Waals surface area contributed by atoms with E-state index in [4.69, 9.17) is 5.53 Å². The fourth-order valence-corrected chi connectivity index (χ4v) is 1.60. The quantitative estimate of drug-likeness (QED) is 0.218. The van der Waals surface area contributed by atoms with Crippen molar-refractivity contribution in [1.29, 1.82) is 0 Å². The Kier molecular flexibility index (Phi) is 6.08. The first kappa shape index (κ1) is 16.4. The molecule has 10 heteroatoms. The van der Waals surface area contributed by atoms with Gasteiger partial charge in [0.05, 0.1) is 17.6 Å². The molecule has 3 N–H and O–H groups in total. The number of hydrogen-bond donors (Lipinski definition) is 3. The number of hydrogen-bond acceptors (Lipinski definition) is 6. The highest BCUT2D eigenvalue weighted by Gasteiger charge is 2.22. The second-order valence-electron chi connectivity index (χ2n) is 4.04. The molecule has 0 spiro atoms. The average molecular weight is 295 g/mol. The Labute approximate surface area is 118 Å². The molecule has 0 aliphatic carbocycles. The standard InChI is InChI=1S/C11H13N5O5/c12-15-13-5-10(18)14-9(6-17)11(19)7-1-3-8(4-2-7)16(20)21/h1-4,9,11,17,19H,5-6H2,(H,14,18)/t9-,11-/m1/s1. The summed E-state index contributed by atoms with van der Waals surface area (Å²) < 4.78 is 0. The number of aliphatic hydroxyl groups excluding tert-OH is 2. The van der Waals surface area contributed by atoms with Crippen molar-refractivity contribution in [1.82, 2.24) is 5.32 Å². The van der Waals surface area contributed by atoms with E-state index >= 15 is 0 Å². The number of rotatable bonds is 7. The van der Waals surface area contributed by atoms with Gasteiger partial charge >= 0.3 is 0 Å². The number of nitrogens with one attached hydrogen (secondary N) is 1. The highest BCUT2D eigenvalue weighted by Crippen LogP contribution is 2.20. The van der Waals surface area contributed by atoms with E-state index in [1.807, 2.05) is 0 Å². The highest BCUT2D eigenvalue weighted by atomic mass is 16.6. The van der Waals surface area contributed by atoms with Crippen molar-refractivity contribution in [3.05, 3.63) is 50.4 Å². The fourth-order valence-electron chi connectivity index (χ4n) is 1.60. The zero-order chi connectivity index (χ0) is 15.8. The lowest BCUT2D eigenvalue weighted by atomic mass is 10.0. The van der Waals surface area contributed by atoms with Gasteiger partial charge in [-0.1, -0.05) is 5.11 Å². The number of amides is 1. The molecule has 0 aliphatic heterocycles. The second-order valence-corrected chi connectivity index (χ2v) is 4.04. The first-order chi connectivity index (χ1) is 9.99. The van der Waals surface area contributed by atoms with Crippen LogP contribution >= 0.6 is 0 Å². The van der Waals surface area contributed by atoms with Crippen molar-refractivity contribution in [2.45, 2.75) is 12.1 Å². The van der Waals surface area contributed by atoms with Crippen molar-refractivity contribution in [2.75, 3.05) is 13.2 Å². The minimum Gasteiger partial charge on any atom is -0.394 e. The van der Waals surface area contributed by atoms with Gasteiger partial charge in [-0.3, -0.25) is 14.9 Å². The van der Waals surface area contributed by atoms with E-state index in [0.717, 1.165) is 0 Å². The van der Waals surface area contributed by atoms with E-state index in [1.165, 1.54) is 24.3 Å². The van der Waals surface area contributed by atoms with E-state index in [1.54, 1.807) is 0 Å². The number of non-ortho nitro benzene ring substituents is 1. The van der Waals surface area contributed by atoms with Gasteiger partial charge in [-0.05, 0) is 23.2 Å². The first-order valence-electron chi connectivity index (χ1n) is 5.83. The van der Waals surface area contributed by atoms with Crippen LogP contribution in [0.15, 0.2) is 29.4 Å². The molecule has 0 fully saturated rings. The third kappa shape index (κ3) is 4.73. The number of carbonyl (C=O) groups excluding carboxylic acids is 1. The molecular formula is C11H13N5O5. The van der Waals surface area contributed by atoms with Gasteiger partial charge in [0.15, 0.2) is 0 Å². The topological polar surface area (TPSA) is 161 Å². The maximum Gasteiger partial charge on any atom is 0.269 e. The maximum absolute atomic E-state index is 11.4. The van der Waals surface area contributed by atoms with E-state index in [2.05, 4.69) is 15.3 Å². The van der Waals surface area contributed by atoms with Gasteiger partial charge in [-0.25, -0.2) is 0 Å². The molecule has 10 nitrogen and oxygen atoms in total. The first-order valence-corrected chi connectivity index (χ1v) is 5.83. The van der Waals surface area contributed by atoms with E-state index < -0.39 is 36.1 Å². The summed E-state index contributed by atoms with van der Waals surface area (Å²) in [5.41, 5.74) is 8.24. The molecule has 1 aromatic carbocycles. The van der Waals surface area contributed by atoms with Crippen molar-refractivity contribution >= 4 is 11.6 Å². The minimum atomic E-state index is -1.26. The number of nitro groups is 1. The molecular weight excluding hydrogens is 282 g/mol. The van der Waals surface area contributed by atoms with Crippen LogP contribution in [-0.2, 0) is 4.79 Å². The molecule has 0 aliphatic rings. The largest absolute Gasteiger partial charge is 0.394 e. The second kappa shape index (κ2) is 7.80. The molecule has 1 rings (SSSR count).